The van der Waals surface area contributed by atoms with Crippen molar-refractivity contribution in [3.63, 3.8) is 0 Å². The van der Waals surface area contributed by atoms with E-state index >= 15 is 0 Å². The van der Waals surface area contributed by atoms with Gasteiger partial charge in [0.2, 0.25) is 0 Å². The molecule has 0 saturated carbocycles. The van der Waals surface area contributed by atoms with Crippen LogP contribution in [-0.2, 0) is 11.3 Å². The van der Waals surface area contributed by atoms with Crippen molar-refractivity contribution in [2.45, 2.75) is 27.3 Å². The number of hydrogen-bond acceptors (Lipinski definition) is 3. The van der Waals surface area contributed by atoms with E-state index in [4.69, 9.17) is 14.9 Å². The molecule has 0 radical (unpaired) electrons. The van der Waals surface area contributed by atoms with Crippen molar-refractivity contribution in [1.82, 2.24) is 9.78 Å². The van der Waals surface area contributed by atoms with Gasteiger partial charge in [-0.1, -0.05) is 25.5 Å². The summed E-state index contributed by atoms with van der Waals surface area (Å²) < 4.78 is 20.7. The Bertz CT molecular complexity index is 978. The van der Waals surface area contributed by atoms with Gasteiger partial charge in [0.1, 0.15) is 11.6 Å². The second-order valence-corrected chi connectivity index (χ2v) is 7.18. The van der Waals surface area contributed by atoms with Crippen molar-refractivity contribution in [2.75, 3.05) is 6.61 Å². The van der Waals surface area contributed by atoms with E-state index in [2.05, 4.69) is 13.8 Å². The van der Waals surface area contributed by atoms with Gasteiger partial charge in [-0.15, -0.1) is 0 Å². The van der Waals surface area contributed by atoms with Crippen LogP contribution in [-0.4, -0.2) is 27.5 Å². The van der Waals surface area contributed by atoms with E-state index in [0.717, 1.165) is 22.4 Å². The Morgan fingerprint density at radius 1 is 1.18 bits per heavy atom. The third kappa shape index (κ3) is 4.57. The highest BCUT2D eigenvalue weighted by Crippen LogP contribution is 2.33. The van der Waals surface area contributed by atoms with Crippen molar-refractivity contribution in [1.29, 1.82) is 0 Å². The van der Waals surface area contributed by atoms with Crippen LogP contribution in [0.15, 0.2) is 48.5 Å². The molecule has 0 saturated heterocycles. The Hall–Kier alpha value is -3.15. The number of carboxylic acid groups (broad SMARTS) is 1. The third-order valence-corrected chi connectivity index (χ3v) is 4.22. The number of nitrogens with zero attached hydrogens (tertiary/aromatic N) is 2. The molecule has 1 heterocycles. The SMILES string of the molecule is Cc1ccc(OCC(=O)O)c(-c2cc(-c3ccc(F)cc3)n(CC(C)C)n2)c1. The Labute approximate surface area is 163 Å². The smallest absolute Gasteiger partial charge is 0.341 e. The van der Waals surface area contributed by atoms with Crippen LogP contribution < -0.4 is 4.74 Å². The minimum atomic E-state index is -1.04. The molecule has 3 rings (SSSR count). The van der Waals surface area contributed by atoms with Crippen molar-refractivity contribution >= 4 is 5.97 Å². The number of carbonyl (C=O) groups is 1. The number of aryl methyl sites for hydroxylation is 1. The Morgan fingerprint density at radius 3 is 2.54 bits per heavy atom. The first kappa shape index (κ1) is 19.6. The van der Waals surface area contributed by atoms with Gasteiger partial charge in [0.05, 0.1) is 11.4 Å². The summed E-state index contributed by atoms with van der Waals surface area (Å²) in [6.07, 6.45) is 0. The lowest BCUT2D eigenvalue weighted by Crippen LogP contribution is -2.10. The maximum absolute atomic E-state index is 13.3. The van der Waals surface area contributed by atoms with E-state index in [0.29, 0.717) is 23.9 Å². The zero-order chi connectivity index (χ0) is 20.3. The normalized spacial score (nSPS) is 11.0. The molecule has 0 bridgehead atoms. The maximum atomic E-state index is 13.3. The fourth-order valence-corrected chi connectivity index (χ4v) is 3.00. The van der Waals surface area contributed by atoms with Crippen molar-refractivity contribution < 1.29 is 19.0 Å². The van der Waals surface area contributed by atoms with E-state index in [1.54, 1.807) is 18.2 Å². The number of hydrogen-bond donors (Lipinski definition) is 1. The number of aliphatic carboxylic acids is 1. The molecule has 2 aromatic carbocycles. The number of aromatic nitrogens is 2. The largest absolute Gasteiger partial charge is 0.481 e. The average molecular weight is 382 g/mol. The quantitative estimate of drug-likeness (QED) is 0.638. The van der Waals surface area contributed by atoms with Crippen LogP contribution in [0.2, 0.25) is 0 Å². The topological polar surface area (TPSA) is 64.3 Å². The Balaban J connectivity index is 2.08. The fourth-order valence-electron chi connectivity index (χ4n) is 3.00. The lowest BCUT2D eigenvalue weighted by Gasteiger charge is -2.10. The summed E-state index contributed by atoms with van der Waals surface area (Å²) in [4.78, 5) is 10.9. The second-order valence-electron chi connectivity index (χ2n) is 7.18. The molecule has 1 N–H and O–H groups in total. The molecule has 0 aliphatic carbocycles. The molecular formula is C22H23FN2O3. The predicted molar refractivity (Wildman–Crippen MR) is 106 cm³/mol. The molecule has 0 unspecified atom stereocenters. The molecule has 5 nitrogen and oxygen atoms in total. The first-order chi connectivity index (χ1) is 13.3. The van der Waals surface area contributed by atoms with Gasteiger partial charge >= 0.3 is 5.97 Å². The standard InChI is InChI=1S/C22H23FN2O3/c1-14(2)12-25-20(16-5-7-17(23)8-6-16)11-19(24-25)18-10-15(3)4-9-21(18)28-13-22(26)27/h4-11,14H,12-13H2,1-3H3,(H,26,27). The summed E-state index contributed by atoms with van der Waals surface area (Å²) in [5, 5.41) is 13.7. The second kappa shape index (κ2) is 8.25. The van der Waals surface area contributed by atoms with Gasteiger partial charge in [0.25, 0.3) is 0 Å². The summed E-state index contributed by atoms with van der Waals surface area (Å²) in [5.41, 5.74) is 4.16. The highest BCUT2D eigenvalue weighted by molar-refractivity contribution is 5.74. The molecule has 0 fully saturated rings. The van der Waals surface area contributed by atoms with Gasteiger partial charge in [0.15, 0.2) is 6.61 Å². The molecule has 6 heteroatoms. The predicted octanol–water partition coefficient (Wildman–Crippen LogP) is 4.78. The molecule has 0 aliphatic heterocycles. The van der Waals surface area contributed by atoms with E-state index in [1.807, 2.05) is 29.8 Å². The Morgan fingerprint density at radius 2 is 1.89 bits per heavy atom. The monoisotopic (exact) mass is 382 g/mol. The summed E-state index contributed by atoms with van der Waals surface area (Å²) >= 11 is 0. The molecule has 28 heavy (non-hydrogen) atoms. The van der Waals surface area contributed by atoms with Crippen LogP contribution in [0, 0.1) is 18.7 Å². The van der Waals surface area contributed by atoms with E-state index in [1.165, 1.54) is 12.1 Å². The summed E-state index contributed by atoms with van der Waals surface area (Å²) in [7, 11) is 0. The van der Waals surface area contributed by atoms with Gasteiger partial charge in [-0.2, -0.15) is 5.10 Å². The van der Waals surface area contributed by atoms with E-state index in [9.17, 15) is 9.18 Å². The van der Waals surface area contributed by atoms with Gasteiger partial charge in [-0.25, -0.2) is 9.18 Å². The van der Waals surface area contributed by atoms with E-state index in [-0.39, 0.29) is 5.82 Å². The van der Waals surface area contributed by atoms with Crippen LogP contribution in [0.1, 0.15) is 19.4 Å². The lowest BCUT2D eigenvalue weighted by molar-refractivity contribution is -0.139. The zero-order valence-electron chi connectivity index (χ0n) is 16.1. The summed E-state index contributed by atoms with van der Waals surface area (Å²) in [5.74, 6) is -0.495. The van der Waals surface area contributed by atoms with Crippen molar-refractivity contribution in [2.24, 2.45) is 5.92 Å². The fraction of sp³-hybridized carbons (Fsp3) is 0.273. The number of ether oxygens (including phenoxy) is 1. The highest BCUT2D eigenvalue weighted by Gasteiger charge is 2.16. The number of halogens is 1. The van der Waals surface area contributed by atoms with Crippen molar-refractivity contribution in [3.8, 4) is 28.3 Å². The van der Waals surface area contributed by atoms with Crippen LogP contribution in [0.5, 0.6) is 5.75 Å². The zero-order valence-corrected chi connectivity index (χ0v) is 16.1. The summed E-state index contributed by atoms with van der Waals surface area (Å²) in [6.45, 7) is 6.43. The molecular weight excluding hydrogens is 359 g/mol. The van der Waals surface area contributed by atoms with Gasteiger partial charge in [-0.3, -0.25) is 4.68 Å². The maximum Gasteiger partial charge on any atom is 0.341 e. The van der Waals surface area contributed by atoms with Crippen LogP contribution in [0.25, 0.3) is 22.5 Å². The number of rotatable bonds is 7. The van der Waals surface area contributed by atoms with Crippen molar-refractivity contribution in [3.05, 3.63) is 59.9 Å². The van der Waals surface area contributed by atoms with Crippen LogP contribution in [0.4, 0.5) is 4.39 Å². The van der Waals surface area contributed by atoms with Gasteiger partial charge in [-0.05, 0) is 55.3 Å². The first-order valence-electron chi connectivity index (χ1n) is 9.13. The third-order valence-electron chi connectivity index (χ3n) is 4.22. The molecule has 1 aromatic heterocycles. The minimum absolute atomic E-state index is 0.290. The van der Waals surface area contributed by atoms with Gasteiger partial charge in [0, 0.05) is 17.7 Å². The van der Waals surface area contributed by atoms with Crippen LogP contribution in [0.3, 0.4) is 0 Å². The summed E-state index contributed by atoms with van der Waals surface area (Å²) in [6, 6.07) is 13.8. The minimum Gasteiger partial charge on any atom is -0.481 e. The lowest BCUT2D eigenvalue weighted by atomic mass is 10.1. The Kier molecular flexibility index (Phi) is 5.78. The molecule has 3 aromatic rings. The molecule has 0 aliphatic rings. The molecule has 0 spiro atoms. The van der Waals surface area contributed by atoms with E-state index < -0.39 is 12.6 Å². The average Bonchev–Trinajstić information content (AvgIpc) is 3.04. The number of carboxylic acids is 1. The van der Waals surface area contributed by atoms with Crippen LogP contribution >= 0.6 is 0 Å². The molecule has 0 atom stereocenters. The van der Waals surface area contributed by atoms with Gasteiger partial charge < -0.3 is 9.84 Å². The number of benzene rings is 2. The molecule has 0 amide bonds. The molecule has 146 valence electrons. The highest BCUT2D eigenvalue weighted by atomic mass is 19.1. The first-order valence-corrected chi connectivity index (χ1v) is 9.13.